The summed E-state index contributed by atoms with van der Waals surface area (Å²) in [7, 11) is 1.66. The van der Waals surface area contributed by atoms with Crippen LogP contribution in [0.15, 0.2) is 24.6 Å². The van der Waals surface area contributed by atoms with Crippen molar-refractivity contribution >= 4 is 11.6 Å². The summed E-state index contributed by atoms with van der Waals surface area (Å²) in [6.07, 6.45) is 8.41. The third-order valence-corrected chi connectivity index (χ3v) is 4.54. The van der Waals surface area contributed by atoms with Crippen molar-refractivity contribution in [1.82, 2.24) is 15.2 Å². The fourth-order valence-electron chi connectivity index (χ4n) is 3.31. The Morgan fingerprint density at radius 3 is 2.71 bits per heavy atom. The van der Waals surface area contributed by atoms with E-state index in [1.54, 1.807) is 24.5 Å². The lowest BCUT2D eigenvalue weighted by molar-refractivity contribution is -0.0457. The maximum Gasteiger partial charge on any atom is 0.269 e. The molecule has 0 atom stereocenters. The molecule has 0 saturated heterocycles. The van der Waals surface area contributed by atoms with E-state index in [1.807, 2.05) is 12.2 Å². The number of allylic oxidation sites excluding steroid dienone is 2. The van der Waals surface area contributed by atoms with Gasteiger partial charge < -0.3 is 11.2 Å². The van der Waals surface area contributed by atoms with Crippen LogP contribution in [-0.2, 0) is 13.5 Å². The van der Waals surface area contributed by atoms with Crippen LogP contribution in [0.4, 0.5) is 14.5 Å². The topological polar surface area (TPSA) is 76.2 Å². The summed E-state index contributed by atoms with van der Waals surface area (Å²) in [5.74, 6) is -3.00. The molecule has 1 aliphatic heterocycles. The van der Waals surface area contributed by atoms with Crippen LogP contribution >= 0.6 is 0 Å². The Hall–Kier alpha value is -2.38. The van der Waals surface area contributed by atoms with Crippen molar-refractivity contribution in [3.8, 4) is 0 Å². The molecule has 1 aliphatic carbocycles. The highest BCUT2D eigenvalue weighted by atomic mass is 19.3. The normalized spacial score (nSPS) is 20.2. The number of primary amides is 1. The van der Waals surface area contributed by atoms with Crippen LogP contribution in [0, 0.1) is 5.92 Å². The fourth-order valence-corrected chi connectivity index (χ4v) is 3.31. The van der Waals surface area contributed by atoms with Crippen molar-refractivity contribution < 1.29 is 13.6 Å². The lowest BCUT2D eigenvalue weighted by atomic mass is 9.84. The Balaban J connectivity index is 1.87. The van der Waals surface area contributed by atoms with Gasteiger partial charge in [-0.05, 0) is 37.3 Å². The molecule has 2 aliphatic rings. The first kappa shape index (κ1) is 16.5. The van der Waals surface area contributed by atoms with Crippen LogP contribution in [0.2, 0.25) is 0 Å². The zero-order valence-corrected chi connectivity index (χ0v) is 13.5. The van der Waals surface area contributed by atoms with E-state index in [0.29, 0.717) is 36.3 Å². The minimum absolute atomic E-state index is 0.0902. The minimum atomic E-state index is -2.55. The van der Waals surface area contributed by atoms with Crippen molar-refractivity contribution in [2.75, 3.05) is 5.01 Å². The third-order valence-electron chi connectivity index (χ3n) is 4.54. The molecule has 1 aromatic heterocycles. The number of nitrogens with two attached hydrogens (primary N) is 1. The lowest BCUT2D eigenvalue weighted by Crippen LogP contribution is -2.33. The summed E-state index contributed by atoms with van der Waals surface area (Å²) in [6.45, 7) is 0. The van der Waals surface area contributed by atoms with Gasteiger partial charge in [-0.25, -0.2) is 8.78 Å². The number of halogens is 2. The second-order valence-electron chi connectivity index (χ2n) is 6.33. The predicted octanol–water partition coefficient (Wildman–Crippen LogP) is 2.24. The third kappa shape index (κ3) is 3.27. The number of hydrogen-bond donors (Lipinski definition) is 2. The maximum atomic E-state index is 13.3. The second kappa shape index (κ2) is 6.26. The van der Waals surface area contributed by atoms with E-state index in [2.05, 4.69) is 10.5 Å². The number of nitrogens with zero attached hydrogens (tertiary/aromatic N) is 3. The van der Waals surface area contributed by atoms with Crippen LogP contribution in [0.5, 0.6) is 0 Å². The summed E-state index contributed by atoms with van der Waals surface area (Å²) in [6, 6.07) is 0. The molecule has 0 spiro atoms. The standard InChI is InChI=1S/C16H21F2N5O/c1-22-14(15(19)24)13(23-9-3-2-8-20-23)12(21-22)10-11-4-6-16(17,18)7-5-11/h2-3,8-9,11,20H,4-7,10H2,1H3,(H2,19,24). The summed E-state index contributed by atoms with van der Waals surface area (Å²) in [5, 5.41) is 6.11. The van der Waals surface area contributed by atoms with Crippen LogP contribution in [-0.4, -0.2) is 21.6 Å². The smallest absolute Gasteiger partial charge is 0.269 e. The van der Waals surface area contributed by atoms with Gasteiger partial charge in [0.2, 0.25) is 5.92 Å². The van der Waals surface area contributed by atoms with E-state index in [4.69, 9.17) is 5.73 Å². The highest BCUT2D eigenvalue weighted by Crippen LogP contribution is 2.38. The fraction of sp³-hybridized carbons (Fsp3) is 0.500. The van der Waals surface area contributed by atoms with E-state index in [9.17, 15) is 13.6 Å². The molecule has 6 nitrogen and oxygen atoms in total. The Kier molecular flexibility index (Phi) is 4.29. The molecule has 0 aromatic carbocycles. The molecular formula is C16H21F2N5O. The number of carbonyl (C=O) groups is 1. The molecule has 24 heavy (non-hydrogen) atoms. The van der Waals surface area contributed by atoms with Crippen LogP contribution in [0.1, 0.15) is 41.9 Å². The van der Waals surface area contributed by atoms with E-state index in [0.717, 1.165) is 0 Å². The zero-order valence-electron chi connectivity index (χ0n) is 13.5. The monoisotopic (exact) mass is 337 g/mol. The lowest BCUT2D eigenvalue weighted by Gasteiger charge is -2.29. The molecule has 0 bridgehead atoms. The SMILES string of the molecule is Cn1nc(CC2CCC(F)(F)CC2)c(N2C=CC=CN2)c1C(N)=O. The molecule has 1 amide bonds. The molecule has 8 heteroatoms. The van der Waals surface area contributed by atoms with Crippen molar-refractivity contribution in [2.24, 2.45) is 18.7 Å². The van der Waals surface area contributed by atoms with E-state index >= 15 is 0 Å². The molecule has 1 saturated carbocycles. The van der Waals surface area contributed by atoms with Gasteiger partial charge in [0.15, 0.2) is 5.69 Å². The summed E-state index contributed by atoms with van der Waals surface area (Å²) in [5.41, 5.74) is 10.1. The summed E-state index contributed by atoms with van der Waals surface area (Å²) < 4.78 is 28.1. The number of carbonyl (C=O) groups excluding carboxylic acids is 1. The van der Waals surface area contributed by atoms with Crippen molar-refractivity contribution in [3.05, 3.63) is 35.9 Å². The average Bonchev–Trinajstić information content (AvgIpc) is 2.86. The first-order chi connectivity index (χ1) is 11.4. The Morgan fingerprint density at radius 1 is 1.42 bits per heavy atom. The molecule has 0 radical (unpaired) electrons. The van der Waals surface area contributed by atoms with E-state index in [-0.39, 0.29) is 18.8 Å². The molecule has 1 fully saturated rings. The Labute approximate surface area is 139 Å². The van der Waals surface area contributed by atoms with Gasteiger partial charge in [0, 0.05) is 32.3 Å². The number of aromatic nitrogens is 2. The molecule has 2 heterocycles. The van der Waals surface area contributed by atoms with Crippen molar-refractivity contribution in [2.45, 2.75) is 38.0 Å². The van der Waals surface area contributed by atoms with Gasteiger partial charge in [-0.1, -0.05) is 0 Å². The van der Waals surface area contributed by atoms with E-state index < -0.39 is 11.8 Å². The van der Waals surface area contributed by atoms with Gasteiger partial charge >= 0.3 is 0 Å². The van der Waals surface area contributed by atoms with Crippen molar-refractivity contribution in [3.63, 3.8) is 0 Å². The van der Waals surface area contributed by atoms with Crippen molar-refractivity contribution in [1.29, 1.82) is 0 Å². The van der Waals surface area contributed by atoms with Gasteiger partial charge in [-0.3, -0.25) is 14.5 Å². The summed E-state index contributed by atoms with van der Waals surface area (Å²) >= 11 is 0. The number of hydrazine groups is 1. The number of aryl methyl sites for hydroxylation is 1. The predicted molar refractivity (Wildman–Crippen MR) is 86.2 cm³/mol. The second-order valence-corrected chi connectivity index (χ2v) is 6.33. The molecule has 3 N–H and O–H groups in total. The number of rotatable bonds is 4. The first-order valence-electron chi connectivity index (χ1n) is 7.99. The van der Waals surface area contributed by atoms with Gasteiger partial charge in [0.1, 0.15) is 5.69 Å². The zero-order chi connectivity index (χ0) is 17.3. The molecule has 3 rings (SSSR count). The van der Waals surface area contributed by atoms with Crippen LogP contribution in [0.3, 0.4) is 0 Å². The number of nitrogens with one attached hydrogen (secondary N) is 1. The number of alkyl halides is 2. The van der Waals surface area contributed by atoms with Crippen LogP contribution in [0.25, 0.3) is 0 Å². The first-order valence-corrected chi connectivity index (χ1v) is 7.99. The molecule has 130 valence electrons. The molecule has 1 aromatic rings. The number of anilines is 1. The quantitative estimate of drug-likeness (QED) is 0.883. The number of amides is 1. The van der Waals surface area contributed by atoms with Gasteiger partial charge in [-0.15, -0.1) is 0 Å². The van der Waals surface area contributed by atoms with Crippen LogP contribution < -0.4 is 16.2 Å². The molecule has 0 unspecified atom stereocenters. The largest absolute Gasteiger partial charge is 0.364 e. The Morgan fingerprint density at radius 2 is 2.12 bits per heavy atom. The van der Waals surface area contributed by atoms with Gasteiger partial charge in [0.05, 0.1) is 5.69 Å². The highest BCUT2D eigenvalue weighted by Gasteiger charge is 2.36. The average molecular weight is 337 g/mol. The highest BCUT2D eigenvalue weighted by molar-refractivity contribution is 5.97. The molecular weight excluding hydrogens is 316 g/mol. The minimum Gasteiger partial charge on any atom is -0.364 e. The summed E-state index contributed by atoms with van der Waals surface area (Å²) in [4.78, 5) is 11.8. The Bertz CT molecular complexity index is 685. The number of hydrogen-bond acceptors (Lipinski definition) is 4. The van der Waals surface area contributed by atoms with E-state index in [1.165, 1.54) is 4.68 Å². The maximum absolute atomic E-state index is 13.3. The van der Waals surface area contributed by atoms with Gasteiger partial charge in [-0.2, -0.15) is 5.10 Å². The van der Waals surface area contributed by atoms with Gasteiger partial charge in [0.25, 0.3) is 5.91 Å².